The standard InChI is InChI=1S/C12H24N4O/c1-5-17-9-8-15(3)12-11(6-7-13)10(2)14-16(12)4/h5-9,13H2,1-4H3. The van der Waals surface area contributed by atoms with Crippen molar-refractivity contribution in [3.05, 3.63) is 11.3 Å². The SMILES string of the molecule is CCOCCN(C)c1c(CCN)c(C)nn1C. The topological polar surface area (TPSA) is 56.3 Å². The first-order chi connectivity index (χ1) is 8.11. The number of likely N-dealkylation sites (N-methyl/N-ethyl adjacent to an activating group) is 1. The van der Waals surface area contributed by atoms with E-state index in [-0.39, 0.29) is 0 Å². The van der Waals surface area contributed by atoms with Crippen molar-refractivity contribution in [3.63, 3.8) is 0 Å². The third-order valence-electron chi connectivity index (χ3n) is 2.84. The first-order valence-corrected chi connectivity index (χ1v) is 6.13. The molecule has 0 aliphatic heterocycles. The lowest BCUT2D eigenvalue weighted by molar-refractivity contribution is 0.154. The van der Waals surface area contributed by atoms with Crippen LogP contribution in [0.1, 0.15) is 18.2 Å². The van der Waals surface area contributed by atoms with Gasteiger partial charge in [-0.2, -0.15) is 5.10 Å². The highest BCUT2D eigenvalue weighted by molar-refractivity contribution is 5.49. The fraction of sp³-hybridized carbons (Fsp3) is 0.750. The van der Waals surface area contributed by atoms with E-state index in [4.69, 9.17) is 10.5 Å². The second-order valence-corrected chi connectivity index (χ2v) is 4.17. The molecule has 2 N–H and O–H groups in total. The van der Waals surface area contributed by atoms with E-state index in [2.05, 4.69) is 17.0 Å². The summed E-state index contributed by atoms with van der Waals surface area (Å²) >= 11 is 0. The molecule has 0 unspecified atom stereocenters. The van der Waals surface area contributed by atoms with E-state index in [1.807, 2.05) is 25.6 Å². The van der Waals surface area contributed by atoms with Crippen molar-refractivity contribution in [1.29, 1.82) is 0 Å². The molecule has 98 valence electrons. The maximum Gasteiger partial charge on any atom is 0.129 e. The van der Waals surface area contributed by atoms with Gasteiger partial charge in [0, 0.05) is 32.8 Å². The Kier molecular flexibility index (Phi) is 5.44. The Morgan fingerprint density at radius 2 is 2.18 bits per heavy atom. The molecule has 1 aromatic rings. The van der Waals surface area contributed by atoms with Gasteiger partial charge in [0.05, 0.1) is 12.3 Å². The Labute approximate surface area is 104 Å². The summed E-state index contributed by atoms with van der Waals surface area (Å²) in [7, 11) is 4.04. The molecule has 1 heterocycles. The van der Waals surface area contributed by atoms with Crippen LogP contribution in [0.5, 0.6) is 0 Å². The zero-order valence-corrected chi connectivity index (χ0v) is 11.4. The maximum atomic E-state index is 5.65. The summed E-state index contributed by atoms with van der Waals surface area (Å²) in [6.45, 7) is 7.05. The summed E-state index contributed by atoms with van der Waals surface area (Å²) in [5, 5.41) is 4.46. The second-order valence-electron chi connectivity index (χ2n) is 4.17. The maximum absolute atomic E-state index is 5.65. The molecule has 17 heavy (non-hydrogen) atoms. The molecule has 0 radical (unpaired) electrons. The van der Waals surface area contributed by atoms with Crippen molar-refractivity contribution >= 4 is 5.82 Å². The predicted octanol–water partition coefficient (Wildman–Crippen LogP) is 0.702. The molecular formula is C12H24N4O. The Morgan fingerprint density at radius 1 is 1.47 bits per heavy atom. The van der Waals surface area contributed by atoms with Gasteiger partial charge in [0.1, 0.15) is 5.82 Å². The number of hydrogen-bond donors (Lipinski definition) is 1. The fourth-order valence-electron chi connectivity index (χ4n) is 2.06. The number of nitrogens with two attached hydrogens (primary N) is 1. The third-order valence-corrected chi connectivity index (χ3v) is 2.84. The van der Waals surface area contributed by atoms with E-state index < -0.39 is 0 Å². The first kappa shape index (κ1) is 14.0. The number of aromatic nitrogens is 2. The Bertz CT molecular complexity index is 349. The molecule has 0 saturated carbocycles. The minimum absolute atomic E-state index is 0.652. The highest BCUT2D eigenvalue weighted by atomic mass is 16.5. The molecule has 1 rings (SSSR count). The lowest BCUT2D eigenvalue weighted by atomic mass is 10.1. The van der Waals surface area contributed by atoms with Crippen LogP contribution in [0.4, 0.5) is 5.82 Å². The zero-order chi connectivity index (χ0) is 12.8. The number of anilines is 1. The predicted molar refractivity (Wildman–Crippen MR) is 70.5 cm³/mol. The summed E-state index contributed by atoms with van der Waals surface area (Å²) in [5.74, 6) is 1.15. The van der Waals surface area contributed by atoms with Gasteiger partial charge in [0.25, 0.3) is 0 Å². The number of ether oxygens (including phenoxy) is 1. The summed E-state index contributed by atoms with van der Waals surface area (Å²) in [6, 6.07) is 0. The molecular weight excluding hydrogens is 216 g/mol. The van der Waals surface area contributed by atoms with Crippen LogP contribution in [0, 0.1) is 6.92 Å². The minimum atomic E-state index is 0.652. The Balaban J connectivity index is 2.79. The van der Waals surface area contributed by atoms with E-state index in [0.717, 1.165) is 37.7 Å². The monoisotopic (exact) mass is 240 g/mol. The van der Waals surface area contributed by atoms with Gasteiger partial charge in [0.15, 0.2) is 0 Å². The van der Waals surface area contributed by atoms with E-state index in [1.54, 1.807) is 0 Å². The average Bonchev–Trinajstić information content (AvgIpc) is 2.55. The van der Waals surface area contributed by atoms with Crippen LogP contribution in [0.15, 0.2) is 0 Å². The summed E-state index contributed by atoms with van der Waals surface area (Å²) in [4.78, 5) is 2.18. The molecule has 0 aromatic carbocycles. The van der Waals surface area contributed by atoms with Gasteiger partial charge in [-0.15, -0.1) is 0 Å². The summed E-state index contributed by atoms with van der Waals surface area (Å²) < 4.78 is 7.30. The van der Waals surface area contributed by atoms with Gasteiger partial charge in [-0.1, -0.05) is 0 Å². The molecule has 0 amide bonds. The van der Waals surface area contributed by atoms with Crippen LogP contribution >= 0.6 is 0 Å². The van der Waals surface area contributed by atoms with Crippen LogP contribution in [0.2, 0.25) is 0 Å². The highest BCUT2D eigenvalue weighted by Crippen LogP contribution is 2.22. The smallest absolute Gasteiger partial charge is 0.129 e. The highest BCUT2D eigenvalue weighted by Gasteiger charge is 2.15. The Morgan fingerprint density at radius 3 is 2.76 bits per heavy atom. The third kappa shape index (κ3) is 3.44. The van der Waals surface area contributed by atoms with Crippen LogP contribution in [0.25, 0.3) is 0 Å². The Hall–Kier alpha value is -1.07. The number of aryl methyl sites for hydroxylation is 2. The minimum Gasteiger partial charge on any atom is -0.380 e. The molecule has 0 atom stereocenters. The van der Waals surface area contributed by atoms with Crippen LogP contribution in [-0.4, -0.2) is 43.1 Å². The fourth-order valence-corrected chi connectivity index (χ4v) is 2.06. The quantitative estimate of drug-likeness (QED) is 0.713. The molecule has 5 nitrogen and oxygen atoms in total. The molecule has 0 saturated heterocycles. The van der Waals surface area contributed by atoms with Crippen molar-refractivity contribution < 1.29 is 4.74 Å². The zero-order valence-electron chi connectivity index (χ0n) is 11.4. The number of hydrogen-bond acceptors (Lipinski definition) is 4. The summed E-state index contributed by atoms with van der Waals surface area (Å²) in [5.41, 5.74) is 7.96. The van der Waals surface area contributed by atoms with Crippen LogP contribution < -0.4 is 10.6 Å². The largest absolute Gasteiger partial charge is 0.380 e. The number of nitrogens with zero attached hydrogens (tertiary/aromatic N) is 3. The average molecular weight is 240 g/mol. The van der Waals surface area contributed by atoms with Crippen LogP contribution in [0.3, 0.4) is 0 Å². The summed E-state index contributed by atoms with van der Waals surface area (Å²) in [6.07, 6.45) is 0.869. The van der Waals surface area contributed by atoms with Gasteiger partial charge in [0.2, 0.25) is 0 Å². The van der Waals surface area contributed by atoms with Gasteiger partial charge < -0.3 is 15.4 Å². The lowest BCUT2D eigenvalue weighted by Crippen LogP contribution is -2.26. The lowest BCUT2D eigenvalue weighted by Gasteiger charge is -2.20. The van der Waals surface area contributed by atoms with Gasteiger partial charge in [-0.25, -0.2) is 0 Å². The first-order valence-electron chi connectivity index (χ1n) is 6.13. The van der Waals surface area contributed by atoms with Gasteiger partial charge in [-0.05, 0) is 26.8 Å². The molecule has 5 heteroatoms. The van der Waals surface area contributed by atoms with Gasteiger partial charge in [-0.3, -0.25) is 4.68 Å². The molecule has 0 aliphatic rings. The van der Waals surface area contributed by atoms with Crippen LogP contribution in [-0.2, 0) is 18.2 Å². The molecule has 1 aromatic heterocycles. The van der Waals surface area contributed by atoms with Crippen molar-refractivity contribution in [2.45, 2.75) is 20.3 Å². The molecule has 0 fully saturated rings. The van der Waals surface area contributed by atoms with E-state index in [1.165, 1.54) is 5.56 Å². The molecule has 0 bridgehead atoms. The van der Waals surface area contributed by atoms with E-state index >= 15 is 0 Å². The van der Waals surface area contributed by atoms with Crippen molar-refractivity contribution in [1.82, 2.24) is 9.78 Å². The van der Waals surface area contributed by atoms with E-state index in [0.29, 0.717) is 6.54 Å². The van der Waals surface area contributed by atoms with Crippen molar-refractivity contribution in [3.8, 4) is 0 Å². The van der Waals surface area contributed by atoms with E-state index in [9.17, 15) is 0 Å². The second kappa shape index (κ2) is 6.61. The van der Waals surface area contributed by atoms with Gasteiger partial charge >= 0.3 is 0 Å². The van der Waals surface area contributed by atoms with Crippen molar-refractivity contribution in [2.75, 3.05) is 38.3 Å². The molecule has 0 spiro atoms. The van der Waals surface area contributed by atoms with Crippen molar-refractivity contribution in [2.24, 2.45) is 12.8 Å². The normalized spacial score (nSPS) is 10.9. The number of rotatable bonds is 7. The molecule has 0 aliphatic carbocycles.